The van der Waals surface area contributed by atoms with E-state index in [1.165, 1.54) is 23.7 Å². The Bertz CT molecular complexity index is 1010. The number of alkyl halides is 1. The Morgan fingerprint density at radius 3 is 2.18 bits per heavy atom. The summed E-state index contributed by atoms with van der Waals surface area (Å²) >= 11 is 5.78. The smallest absolute Gasteiger partial charge is 0.850 e. The van der Waals surface area contributed by atoms with Crippen LogP contribution in [-0.2, 0) is 11.3 Å². The minimum atomic E-state index is -0.750. The molecule has 34 heavy (non-hydrogen) atoms. The number of fused-ring (bicyclic) bond motifs is 2. The van der Waals surface area contributed by atoms with Gasteiger partial charge in [0.25, 0.3) is 0 Å². The molecule has 0 saturated carbocycles. The topological polar surface area (TPSA) is 78.8 Å². The van der Waals surface area contributed by atoms with Crippen molar-refractivity contribution < 1.29 is 61.2 Å². The summed E-state index contributed by atoms with van der Waals surface area (Å²) < 4.78 is 6.96. The van der Waals surface area contributed by atoms with E-state index >= 15 is 0 Å². The second-order valence-electron chi connectivity index (χ2n) is 9.03. The summed E-state index contributed by atoms with van der Waals surface area (Å²) in [6, 6.07) is 16.2. The van der Waals surface area contributed by atoms with Gasteiger partial charge in [0, 0.05) is 36.4 Å². The third-order valence-corrected chi connectivity index (χ3v) is 5.00. The van der Waals surface area contributed by atoms with Gasteiger partial charge in [0.05, 0.1) is 23.4 Å². The molecule has 2 aromatic carbocycles. The molecule has 4 aromatic rings. The fraction of sp³-hybridized carbons (Fsp3) is 0.462. The summed E-state index contributed by atoms with van der Waals surface area (Å²) in [6.07, 6.45) is 6.27. The van der Waals surface area contributed by atoms with Crippen molar-refractivity contribution in [3.8, 4) is 0 Å². The van der Waals surface area contributed by atoms with Crippen LogP contribution >= 0.6 is 11.6 Å². The van der Waals surface area contributed by atoms with Gasteiger partial charge in [0.15, 0.2) is 0 Å². The van der Waals surface area contributed by atoms with E-state index in [-0.39, 0.29) is 51.4 Å². The van der Waals surface area contributed by atoms with Crippen molar-refractivity contribution in [2.24, 2.45) is 5.92 Å². The first-order valence-corrected chi connectivity index (χ1v) is 11.9. The van der Waals surface area contributed by atoms with Crippen LogP contribution in [0.4, 0.5) is 0 Å². The molecule has 0 amide bonds. The second-order valence-corrected chi connectivity index (χ2v) is 9.34. The predicted molar refractivity (Wildman–Crippen MR) is 136 cm³/mol. The molecule has 3 heterocycles. The maximum absolute atomic E-state index is 10.1. The van der Waals surface area contributed by atoms with Gasteiger partial charge in [-0.1, -0.05) is 64.1 Å². The maximum Gasteiger partial charge on any atom is 1.00 e. The summed E-state index contributed by atoms with van der Waals surface area (Å²) in [5, 5.41) is 23.5. The summed E-state index contributed by atoms with van der Waals surface area (Å²) in [5.41, 5.74) is 1.53. The van der Waals surface area contributed by atoms with Crippen molar-refractivity contribution in [3.63, 3.8) is 0 Å². The fourth-order valence-corrected chi connectivity index (χ4v) is 3.01. The number of aromatic amines is 1. The van der Waals surface area contributed by atoms with Crippen molar-refractivity contribution in [1.29, 1.82) is 0 Å². The minimum Gasteiger partial charge on any atom is -0.850 e. The largest absolute Gasteiger partial charge is 1.00 e. The second kappa shape index (κ2) is 16.8. The van der Waals surface area contributed by atoms with Crippen molar-refractivity contribution in [2.45, 2.75) is 52.7 Å². The number of hydrogen-bond donors (Lipinski definition) is 1. The number of ether oxygens (including phenoxy) is 1. The molecule has 1 atom stereocenters. The number of halogens is 1. The summed E-state index contributed by atoms with van der Waals surface area (Å²) in [5.74, 6) is 1.13. The van der Waals surface area contributed by atoms with Crippen molar-refractivity contribution in [3.05, 3.63) is 60.9 Å². The molecule has 1 unspecified atom stereocenters. The molecule has 6 nitrogen and oxygen atoms in total. The monoisotopic (exact) mass is 510 g/mol. The molecular weight excluding hydrogens is 475 g/mol. The van der Waals surface area contributed by atoms with Crippen LogP contribution in [0.25, 0.3) is 21.8 Å². The quantitative estimate of drug-likeness (QED) is 0.339. The zero-order chi connectivity index (χ0) is 24.1. The molecule has 8 heteroatoms. The SMILES string of the molecule is C1CCOC1.CC(C)(C)[O-].CC(CCl)Cn1ncc2ccccc21.[K+].c1ccc2[nH]ncc2c1. The number of aromatic nitrogens is 4. The number of para-hydroxylation sites is 2. The molecule has 0 aliphatic carbocycles. The summed E-state index contributed by atoms with van der Waals surface area (Å²) in [7, 11) is 0. The van der Waals surface area contributed by atoms with Crippen LogP contribution in [-0.4, -0.2) is 44.7 Å². The van der Waals surface area contributed by atoms with E-state index in [0.29, 0.717) is 11.8 Å². The van der Waals surface area contributed by atoms with Crippen LogP contribution in [0.2, 0.25) is 0 Å². The van der Waals surface area contributed by atoms with Gasteiger partial charge in [0.2, 0.25) is 0 Å². The predicted octanol–water partition coefficient (Wildman–Crippen LogP) is 2.42. The van der Waals surface area contributed by atoms with E-state index in [1.807, 2.05) is 53.5 Å². The van der Waals surface area contributed by atoms with Crippen LogP contribution in [0.15, 0.2) is 60.9 Å². The number of hydrogen-bond acceptors (Lipinski definition) is 4. The molecule has 1 saturated heterocycles. The first-order chi connectivity index (χ1) is 15.8. The Morgan fingerprint density at radius 2 is 1.62 bits per heavy atom. The standard InChI is InChI=1S/C11H13ClN2.C7H6N2.C4H8O.C4H9O.K/c1-9(6-12)8-14-11-5-3-2-4-10(11)7-13-14;1-2-4-7-6(3-1)5-8-9-7;1-2-4-5-3-1;1-4(2,3)5;/h2-5,7,9H,6,8H2,1H3;1-5H,(H,8,9);1-4H2;1-3H3;/q;;;-1;+1. The van der Waals surface area contributed by atoms with E-state index in [4.69, 9.17) is 16.3 Å². The number of nitrogens with zero attached hydrogens (tertiary/aromatic N) is 3. The number of nitrogens with one attached hydrogen (secondary N) is 1. The molecule has 1 fully saturated rings. The summed E-state index contributed by atoms with van der Waals surface area (Å²) in [6.45, 7) is 9.91. The molecule has 0 bridgehead atoms. The molecular formula is C26H36ClKN4O2. The van der Waals surface area contributed by atoms with E-state index in [2.05, 4.69) is 34.4 Å². The van der Waals surface area contributed by atoms with E-state index in [9.17, 15) is 5.11 Å². The third-order valence-electron chi connectivity index (χ3n) is 4.48. The van der Waals surface area contributed by atoms with Gasteiger partial charge in [-0.3, -0.25) is 9.78 Å². The number of H-pyrrole nitrogens is 1. The van der Waals surface area contributed by atoms with Gasteiger partial charge in [0.1, 0.15) is 0 Å². The van der Waals surface area contributed by atoms with Crippen molar-refractivity contribution >= 4 is 33.4 Å². The van der Waals surface area contributed by atoms with Crippen molar-refractivity contribution in [1.82, 2.24) is 20.0 Å². The molecule has 5 rings (SSSR count). The van der Waals surface area contributed by atoms with Crippen LogP contribution in [0.3, 0.4) is 0 Å². The van der Waals surface area contributed by atoms with Gasteiger partial charge in [-0.15, -0.1) is 17.2 Å². The Labute approximate surface area is 250 Å². The first-order valence-electron chi connectivity index (χ1n) is 11.4. The average Bonchev–Trinajstić information content (AvgIpc) is 3.56. The zero-order valence-electron chi connectivity index (χ0n) is 21.1. The van der Waals surface area contributed by atoms with Crippen LogP contribution in [0.1, 0.15) is 40.5 Å². The molecule has 0 spiro atoms. The van der Waals surface area contributed by atoms with Gasteiger partial charge < -0.3 is 9.84 Å². The Kier molecular flexibility index (Phi) is 15.5. The summed E-state index contributed by atoms with van der Waals surface area (Å²) in [4.78, 5) is 0. The molecule has 0 radical (unpaired) electrons. The Balaban J connectivity index is 0.000000248. The van der Waals surface area contributed by atoms with Crippen LogP contribution in [0.5, 0.6) is 0 Å². The van der Waals surface area contributed by atoms with Crippen LogP contribution in [0, 0.1) is 5.92 Å². The third kappa shape index (κ3) is 12.8. The number of benzene rings is 2. The Morgan fingerprint density at radius 1 is 1.03 bits per heavy atom. The molecule has 1 aliphatic heterocycles. The van der Waals surface area contributed by atoms with Crippen LogP contribution < -0.4 is 56.5 Å². The number of rotatable bonds is 3. The van der Waals surface area contributed by atoms with E-state index in [1.54, 1.807) is 20.8 Å². The van der Waals surface area contributed by atoms with E-state index < -0.39 is 5.60 Å². The van der Waals surface area contributed by atoms with Gasteiger partial charge in [-0.25, -0.2) is 0 Å². The zero-order valence-corrected chi connectivity index (χ0v) is 25.0. The van der Waals surface area contributed by atoms with Gasteiger partial charge in [-0.05, 0) is 30.9 Å². The first kappa shape index (κ1) is 31.3. The van der Waals surface area contributed by atoms with Gasteiger partial charge in [-0.2, -0.15) is 10.2 Å². The Hall–Kier alpha value is -0.774. The van der Waals surface area contributed by atoms with Gasteiger partial charge >= 0.3 is 51.4 Å². The molecule has 180 valence electrons. The van der Waals surface area contributed by atoms with Crippen molar-refractivity contribution in [2.75, 3.05) is 19.1 Å². The minimum absolute atomic E-state index is 0. The van der Waals surface area contributed by atoms with E-state index in [0.717, 1.165) is 30.7 Å². The molecule has 1 N–H and O–H groups in total. The molecule has 2 aromatic heterocycles. The normalized spacial score (nSPS) is 13.5. The maximum atomic E-state index is 10.1. The average molecular weight is 511 g/mol. The fourth-order valence-electron chi connectivity index (χ4n) is 2.91. The molecule has 1 aliphatic rings.